The second kappa shape index (κ2) is 9.45. The van der Waals surface area contributed by atoms with Gasteiger partial charge in [-0.2, -0.15) is 13.2 Å². The molecule has 2 heterocycles. The van der Waals surface area contributed by atoms with E-state index in [4.69, 9.17) is 4.42 Å². The summed E-state index contributed by atoms with van der Waals surface area (Å²) >= 11 is 0. The molecule has 9 heteroatoms. The standard InChI is InChI=1S/C22H26F3N3O3/c1-16(2)28(21(30)17-7-13-31-15-17)8-6-20(29)27-11-9-26(10-12-27)19-5-3-4-18(14-19)22(23,24)25/h3-5,7,13-16H,6,8-12H2,1-2H3. The predicted molar refractivity (Wildman–Crippen MR) is 110 cm³/mol. The normalized spacial score (nSPS) is 14.8. The quantitative estimate of drug-likeness (QED) is 0.688. The van der Waals surface area contributed by atoms with E-state index in [2.05, 4.69) is 0 Å². The molecule has 0 radical (unpaired) electrons. The van der Waals surface area contributed by atoms with Crippen molar-refractivity contribution in [3.63, 3.8) is 0 Å². The van der Waals surface area contributed by atoms with Crippen molar-refractivity contribution in [2.45, 2.75) is 32.5 Å². The lowest BCUT2D eigenvalue weighted by Gasteiger charge is -2.37. The molecular weight excluding hydrogens is 411 g/mol. The van der Waals surface area contributed by atoms with Crippen molar-refractivity contribution in [3.8, 4) is 0 Å². The van der Waals surface area contributed by atoms with Crippen LogP contribution in [0.5, 0.6) is 0 Å². The van der Waals surface area contributed by atoms with Gasteiger partial charge in [-0.15, -0.1) is 0 Å². The summed E-state index contributed by atoms with van der Waals surface area (Å²) < 4.78 is 43.8. The van der Waals surface area contributed by atoms with E-state index in [1.807, 2.05) is 18.7 Å². The molecule has 0 N–H and O–H groups in total. The van der Waals surface area contributed by atoms with E-state index in [1.54, 1.807) is 21.9 Å². The van der Waals surface area contributed by atoms with Crippen molar-refractivity contribution in [3.05, 3.63) is 54.0 Å². The second-order valence-electron chi connectivity index (χ2n) is 7.77. The van der Waals surface area contributed by atoms with E-state index >= 15 is 0 Å². The van der Waals surface area contributed by atoms with Crippen LogP contribution in [0.3, 0.4) is 0 Å². The number of benzene rings is 1. The van der Waals surface area contributed by atoms with Gasteiger partial charge in [0.2, 0.25) is 5.91 Å². The lowest BCUT2D eigenvalue weighted by atomic mass is 10.1. The van der Waals surface area contributed by atoms with Gasteiger partial charge in [-0.3, -0.25) is 9.59 Å². The van der Waals surface area contributed by atoms with Crippen LogP contribution in [-0.2, 0) is 11.0 Å². The maximum absolute atomic E-state index is 13.0. The minimum Gasteiger partial charge on any atom is -0.472 e. The molecule has 31 heavy (non-hydrogen) atoms. The number of amides is 2. The molecular formula is C22H26F3N3O3. The summed E-state index contributed by atoms with van der Waals surface area (Å²) in [4.78, 5) is 30.4. The fourth-order valence-electron chi connectivity index (χ4n) is 3.61. The monoisotopic (exact) mass is 437 g/mol. The average molecular weight is 437 g/mol. The largest absolute Gasteiger partial charge is 0.472 e. The average Bonchev–Trinajstić information content (AvgIpc) is 3.28. The molecule has 1 aliphatic rings. The maximum Gasteiger partial charge on any atom is 0.416 e. The molecule has 1 aliphatic heterocycles. The van der Waals surface area contributed by atoms with Crippen LogP contribution in [0.1, 0.15) is 36.2 Å². The highest BCUT2D eigenvalue weighted by Gasteiger charge is 2.31. The van der Waals surface area contributed by atoms with Crippen LogP contribution in [0.25, 0.3) is 0 Å². The number of carbonyl (C=O) groups is 2. The maximum atomic E-state index is 13.0. The minimum atomic E-state index is -4.38. The molecule has 0 saturated carbocycles. The van der Waals surface area contributed by atoms with E-state index in [9.17, 15) is 22.8 Å². The van der Waals surface area contributed by atoms with Crippen LogP contribution in [-0.4, -0.2) is 60.4 Å². The van der Waals surface area contributed by atoms with Gasteiger partial charge < -0.3 is 19.1 Å². The molecule has 3 rings (SSSR count). The molecule has 168 valence electrons. The highest BCUT2D eigenvalue weighted by Crippen LogP contribution is 2.31. The minimum absolute atomic E-state index is 0.0747. The first-order valence-corrected chi connectivity index (χ1v) is 10.2. The number of hydrogen-bond donors (Lipinski definition) is 0. The summed E-state index contributed by atoms with van der Waals surface area (Å²) in [6, 6.07) is 6.75. The van der Waals surface area contributed by atoms with Crippen molar-refractivity contribution in [1.29, 1.82) is 0 Å². The van der Waals surface area contributed by atoms with Gasteiger partial charge >= 0.3 is 6.18 Å². The molecule has 1 saturated heterocycles. The number of carbonyl (C=O) groups excluding carboxylic acids is 2. The Morgan fingerprint density at radius 1 is 1.13 bits per heavy atom. The van der Waals surface area contributed by atoms with Gasteiger partial charge in [-0.25, -0.2) is 0 Å². The summed E-state index contributed by atoms with van der Waals surface area (Å²) in [5, 5.41) is 0. The first-order chi connectivity index (χ1) is 14.7. The zero-order valence-corrected chi connectivity index (χ0v) is 17.6. The Morgan fingerprint density at radius 2 is 1.84 bits per heavy atom. The summed E-state index contributed by atoms with van der Waals surface area (Å²) in [5.74, 6) is -0.264. The van der Waals surface area contributed by atoms with Gasteiger partial charge in [0.25, 0.3) is 5.91 Å². The third-order valence-corrected chi connectivity index (χ3v) is 5.39. The van der Waals surface area contributed by atoms with Crippen LogP contribution < -0.4 is 4.90 Å². The molecule has 0 unspecified atom stereocenters. The van der Waals surface area contributed by atoms with E-state index in [0.717, 1.165) is 12.1 Å². The van der Waals surface area contributed by atoms with Gasteiger partial charge in [-0.05, 0) is 38.1 Å². The highest BCUT2D eigenvalue weighted by atomic mass is 19.4. The zero-order chi connectivity index (χ0) is 22.6. The summed E-state index contributed by atoms with van der Waals surface area (Å²) in [6.07, 6.45) is -1.39. The molecule has 1 aromatic carbocycles. The Labute approximate surface area is 179 Å². The predicted octanol–water partition coefficient (Wildman–Crippen LogP) is 3.89. The summed E-state index contributed by atoms with van der Waals surface area (Å²) in [7, 11) is 0. The van der Waals surface area contributed by atoms with Crippen LogP contribution >= 0.6 is 0 Å². The second-order valence-corrected chi connectivity index (χ2v) is 7.77. The Kier molecular flexibility index (Phi) is 6.92. The number of rotatable bonds is 6. The molecule has 0 spiro atoms. The first-order valence-electron chi connectivity index (χ1n) is 10.2. The smallest absolute Gasteiger partial charge is 0.416 e. The zero-order valence-electron chi connectivity index (χ0n) is 17.6. The number of nitrogens with zero attached hydrogens (tertiary/aromatic N) is 3. The first kappa shape index (κ1) is 22.7. The number of hydrogen-bond acceptors (Lipinski definition) is 4. The van der Waals surface area contributed by atoms with E-state index in [1.165, 1.54) is 18.6 Å². The summed E-state index contributed by atoms with van der Waals surface area (Å²) in [6.45, 7) is 5.81. The van der Waals surface area contributed by atoms with E-state index in [0.29, 0.717) is 37.4 Å². The van der Waals surface area contributed by atoms with Crippen molar-refractivity contribution >= 4 is 17.5 Å². The molecule has 2 aromatic rings. The van der Waals surface area contributed by atoms with Crippen LogP contribution in [0.4, 0.5) is 18.9 Å². The van der Waals surface area contributed by atoms with Crippen LogP contribution in [0, 0.1) is 0 Å². The van der Waals surface area contributed by atoms with E-state index < -0.39 is 11.7 Å². The van der Waals surface area contributed by atoms with Crippen molar-refractivity contribution in [1.82, 2.24) is 9.80 Å². The number of halogens is 3. The number of furan rings is 1. The van der Waals surface area contributed by atoms with Gasteiger partial charge in [0.05, 0.1) is 17.4 Å². The molecule has 6 nitrogen and oxygen atoms in total. The van der Waals surface area contributed by atoms with Crippen molar-refractivity contribution < 1.29 is 27.2 Å². The third-order valence-electron chi connectivity index (χ3n) is 5.39. The Hall–Kier alpha value is -2.97. The molecule has 2 amide bonds. The van der Waals surface area contributed by atoms with Crippen molar-refractivity contribution in [2.75, 3.05) is 37.6 Å². The molecule has 1 aromatic heterocycles. The van der Waals surface area contributed by atoms with Gasteiger partial charge in [0, 0.05) is 50.9 Å². The van der Waals surface area contributed by atoms with Gasteiger partial charge in [-0.1, -0.05) is 6.07 Å². The Balaban J connectivity index is 1.54. The summed E-state index contributed by atoms with van der Waals surface area (Å²) in [5.41, 5.74) is 0.258. The molecule has 0 bridgehead atoms. The van der Waals surface area contributed by atoms with E-state index in [-0.39, 0.29) is 30.8 Å². The fraction of sp³-hybridized carbons (Fsp3) is 0.455. The topological polar surface area (TPSA) is 57.0 Å². The fourth-order valence-corrected chi connectivity index (χ4v) is 3.61. The van der Waals surface area contributed by atoms with Crippen LogP contribution in [0.2, 0.25) is 0 Å². The van der Waals surface area contributed by atoms with Crippen LogP contribution in [0.15, 0.2) is 47.3 Å². The molecule has 1 fully saturated rings. The van der Waals surface area contributed by atoms with Gasteiger partial charge in [0.15, 0.2) is 0 Å². The van der Waals surface area contributed by atoms with Crippen molar-refractivity contribution in [2.24, 2.45) is 0 Å². The number of alkyl halides is 3. The Morgan fingerprint density at radius 3 is 2.42 bits per heavy atom. The molecule has 0 atom stereocenters. The SMILES string of the molecule is CC(C)N(CCC(=O)N1CCN(c2cccc(C(F)(F)F)c2)CC1)C(=O)c1ccoc1. The highest BCUT2D eigenvalue weighted by molar-refractivity contribution is 5.94. The lowest BCUT2D eigenvalue weighted by molar-refractivity contribution is -0.137. The third kappa shape index (κ3) is 5.59. The number of piperazine rings is 1. The number of anilines is 1. The molecule has 0 aliphatic carbocycles. The lowest BCUT2D eigenvalue weighted by Crippen LogP contribution is -2.49. The Bertz CT molecular complexity index is 889. The van der Waals surface area contributed by atoms with Gasteiger partial charge in [0.1, 0.15) is 6.26 Å².